The minimum absolute atomic E-state index is 0.127. The Balaban J connectivity index is 2.02. The smallest absolute Gasteiger partial charge is 0.229 e. The van der Waals surface area contributed by atoms with Gasteiger partial charge in [-0.1, -0.05) is 12.1 Å². The molecule has 18 heavy (non-hydrogen) atoms. The van der Waals surface area contributed by atoms with Crippen LogP contribution in [0.1, 0.15) is 18.5 Å². The maximum Gasteiger partial charge on any atom is 0.229 e. The molecule has 0 radical (unpaired) electrons. The third kappa shape index (κ3) is 1.73. The highest BCUT2D eigenvalue weighted by atomic mass is 16.5. The molecule has 0 aliphatic carbocycles. The summed E-state index contributed by atoms with van der Waals surface area (Å²) in [6.07, 6.45) is 3.89. The van der Waals surface area contributed by atoms with Gasteiger partial charge < -0.3 is 10.1 Å². The first kappa shape index (κ1) is 10.8. The molecule has 2 aromatic rings. The summed E-state index contributed by atoms with van der Waals surface area (Å²) in [7, 11) is 1.67. The van der Waals surface area contributed by atoms with Gasteiger partial charge in [-0.05, 0) is 30.7 Å². The third-order valence-electron chi connectivity index (χ3n) is 3.05. The van der Waals surface area contributed by atoms with E-state index in [-0.39, 0.29) is 6.04 Å². The van der Waals surface area contributed by atoms with E-state index in [1.807, 2.05) is 23.6 Å². The average Bonchev–Trinajstić information content (AvgIpc) is 2.86. The molecular weight excluding hydrogens is 228 g/mol. The lowest BCUT2D eigenvalue weighted by Crippen LogP contribution is -2.17. The first-order chi connectivity index (χ1) is 8.78. The Morgan fingerprint density at radius 1 is 1.28 bits per heavy atom. The number of ether oxygens (including phenoxy) is 1. The molecule has 5 nitrogen and oxygen atoms in total. The number of hydrogen-bond donors (Lipinski definition) is 1. The van der Waals surface area contributed by atoms with E-state index in [0.717, 1.165) is 17.4 Å². The number of rotatable bonds is 2. The normalized spacial score (nSPS) is 17.7. The van der Waals surface area contributed by atoms with Crippen LogP contribution < -0.4 is 10.1 Å². The van der Waals surface area contributed by atoms with E-state index >= 15 is 0 Å². The number of hydrogen-bond acceptors (Lipinski definition) is 4. The Kier molecular flexibility index (Phi) is 2.51. The molecule has 1 aliphatic rings. The predicted octanol–water partition coefficient (Wildman–Crippen LogP) is 2.21. The highest BCUT2D eigenvalue weighted by molar-refractivity contribution is 5.43. The van der Waals surface area contributed by atoms with Gasteiger partial charge in [0, 0.05) is 5.70 Å². The minimum Gasteiger partial charge on any atom is -0.497 e. The quantitative estimate of drug-likeness (QED) is 0.877. The highest BCUT2D eigenvalue weighted by Crippen LogP contribution is 2.29. The van der Waals surface area contributed by atoms with Crippen molar-refractivity contribution in [1.82, 2.24) is 14.8 Å². The Hall–Kier alpha value is -2.30. The van der Waals surface area contributed by atoms with Crippen molar-refractivity contribution in [2.75, 3.05) is 12.4 Å². The van der Waals surface area contributed by atoms with Crippen LogP contribution in [0, 0.1) is 0 Å². The minimum atomic E-state index is 0.127. The van der Waals surface area contributed by atoms with Crippen molar-refractivity contribution in [1.29, 1.82) is 0 Å². The summed E-state index contributed by atoms with van der Waals surface area (Å²) in [5.74, 6) is 1.63. The molecular formula is C13H14N4O. The second kappa shape index (κ2) is 4.18. The summed E-state index contributed by atoms with van der Waals surface area (Å²) in [5.41, 5.74) is 2.26. The second-order valence-electron chi connectivity index (χ2n) is 4.25. The lowest BCUT2D eigenvalue weighted by Gasteiger charge is -2.23. The Morgan fingerprint density at radius 2 is 2.06 bits per heavy atom. The van der Waals surface area contributed by atoms with Crippen LogP contribution in [0.5, 0.6) is 5.75 Å². The molecule has 0 amide bonds. The fourth-order valence-electron chi connectivity index (χ4n) is 2.13. The number of methoxy groups -OCH3 is 1. The van der Waals surface area contributed by atoms with E-state index in [0.29, 0.717) is 0 Å². The van der Waals surface area contributed by atoms with Gasteiger partial charge in [0.05, 0.1) is 13.2 Å². The van der Waals surface area contributed by atoms with Crippen LogP contribution in [-0.4, -0.2) is 21.9 Å². The molecule has 1 aliphatic heterocycles. The maximum atomic E-state index is 5.17. The molecule has 3 rings (SSSR count). The Bertz CT molecular complexity index is 585. The van der Waals surface area contributed by atoms with Crippen molar-refractivity contribution in [3.63, 3.8) is 0 Å². The number of aromatic nitrogens is 3. The molecule has 1 atom stereocenters. The molecule has 1 aromatic heterocycles. The molecule has 0 spiro atoms. The third-order valence-corrected chi connectivity index (χ3v) is 3.05. The number of nitrogens with zero attached hydrogens (tertiary/aromatic N) is 3. The monoisotopic (exact) mass is 242 g/mol. The molecule has 1 N–H and O–H groups in total. The average molecular weight is 242 g/mol. The lowest BCUT2D eigenvalue weighted by molar-refractivity contribution is 0.414. The molecule has 0 saturated carbocycles. The summed E-state index contributed by atoms with van der Waals surface area (Å²) in [6.45, 7) is 2.02. The molecule has 0 fully saturated rings. The fraction of sp³-hybridized carbons (Fsp3) is 0.231. The first-order valence-corrected chi connectivity index (χ1v) is 5.77. The largest absolute Gasteiger partial charge is 0.497 e. The van der Waals surface area contributed by atoms with Crippen molar-refractivity contribution in [3.05, 3.63) is 47.9 Å². The Morgan fingerprint density at radius 3 is 2.78 bits per heavy atom. The van der Waals surface area contributed by atoms with Crippen molar-refractivity contribution in [3.8, 4) is 5.75 Å². The zero-order valence-corrected chi connectivity index (χ0v) is 10.3. The van der Waals surface area contributed by atoms with E-state index < -0.39 is 0 Å². The molecule has 2 heterocycles. The van der Waals surface area contributed by atoms with Crippen LogP contribution in [-0.2, 0) is 0 Å². The zero-order chi connectivity index (χ0) is 12.5. The summed E-state index contributed by atoms with van der Waals surface area (Å²) in [6, 6.07) is 8.17. The standard InChI is InChI=1S/C13H14N4O/c1-9-7-12(17-8-14-16-13(17)15-9)10-3-5-11(18-2)6-4-10/h3-8,12H,1-2H3,(H,15,16)/t12-/m1/s1. The van der Waals surface area contributed by atoms with Gasteiger partial charge in [0.25, 0.3) is 0 Å². The summed E-state index contributed by atoms with van der Waals surface area (Å²) < 4.78 is 7.18. The molecule has 5 heteroatoms. The van der Waals surface area contributed by atoms with Crippen molar-refractivity contribution in [2.45, 2.75) is 13.0 Å². The van der Waals surface area contributed by atoms with Gasteiger partial charge in [-0.3, -0.25) is 4.57 Å². The Labute approximate surface area is 105 Å². The van der Waals surface area contributed by atoms with E-state index in [2.05, 4.69) is 33.7 Å². The molecule has 0 bridgehead atoms. The number of fused-ring (bicyclic) bond motifs is 1. The van der Waals surface area contributed by atoms with Gasteiger partial charge in [0.2, 0.25) is 5.95 Å². The lowest BCUT2D eigenvalue weighted by atomic mass is 10.0. The molecule has 0 unspecified atom stereocenters. The number of allylic oxidation sites excluding steroid dienone is 2. The summed E-state index contributed by atoms with van der Waals surface area (Å²) in [5, 5.41) is 11.2. The van der Waals surface area contributed by atoms with Crippen molar-refractivity contribution < 1.29 is 4.74 Å². The van der Waals surface area contributed by atoms with Gasteiger partial charge in [0.15, 0.2) is 0 Å². The first-order valence-electron chi connectivity index (χ1n) is 5.77. The van der Waals surface area contributed by atoms with Crippen LogP contribution in [0.25, 0.3) is 0 Å². The molecule has 0 saturated heterocycles. The van der Waals surface area contributed by atoms with Crippen molar-refractivity contribution in [2.24, 2.45) is 0 Å². The van der Waals surface area contributed by atoms with E-state index in [1.54, 1.807) is 13.4 Å². The van der Waals surface area contributed by atoms with Gasteiger partial charge >= 0.3 is 0 Å². The number of anilines is 1. The van der Waals surface area contributed by atoms with Crippen LogP contribution >= 0.6 is 0 Å². The zero-order valence-electron chi connectivity index (χ0n) is 10.3. The number of nitrogens with one attached hydrogen (secondary N) is 1. The van der Waals surface area contributed by atoms with Crippen LogP contribution in [0.4, 0.5) is 5.95 Å². The number of benzene rings is 1. The summed E-state index contributed by atoms with van der Waals surface area (Å²) in [4.78, 5) is 0. The predicted molar refractivity (Wildman–Crippen MR) is 68.5 cm³/mol. The SMILES string of the molecule is COc1ccc([C@H]2C=C(C)Nc3nncn32)cc1. The van der Waals surface area contributed by atoms with E-state index in [9.17, 15) is 0 Å². The maximum absolute atomic E-state index is 5.17. The fourth-order valence-corrected chi connectivity index (χ4v) is 2.13. The van der Waals surface area contributed by atoms with Crippen molar-refractivity contribution >= 4 is 5.95 Å². The summed E-state index contributed by atoms with van der Waals surface area (Å²) >= 11 is 0. The van der Waals surface area contributed by atoms with Gasteiger partial charge in [-0.2, -0.15) is 0 Å². The molecule has 92 valence electrons. The molecule has 1 aromatic carbocycles. The van der Waals surface area contributed by atoms with Crippen LogP contribution in [0.3, 0.4) is 0 Å². The highest BCUT2D eigenvalue weighted by Gasteiger charge is 2.20. The van der Waals surface area contributed by atoms with Crippen LogP contribution in [0.15, 0.2) is 42.4 Å². The van der Waals surface area contributed by atoms with E-state index in [4.69, 9.17) is 4.74 Å². The van der Waals surface area contributed by atoms with E-state index in [1.165, 1.54) is 5.56 Å². The topological polar surface area (TPSA) is 52.0 Å². The van der Waals surface area contributed by atoms with Gasteiger partial charge in [-0.15, -0.1) is 10.2 Å². The van der Waals surface area contributed by atoms with Gasteiger partial charge in [0.1, 0.15) is 12.1 Å². The van der Waals surface area contributed by atoms with Gasteiger partial charge in [-0.25, -0.2) is 0 Å². The van der Waals surface area contributed by atoms with Crippen LogP contribution in [0.2, 0.25) is 0 Å². The second-order valence-corrected chi connectivity index (χ2v) is 4.25.